The molecule has 0 atom stereocenters. The molecule has 0 spiro atoms. The maximum absolute atomic E-state index is 11.4. The summed E-state index contributed by atoms with van der Waals surface area (Å²) in [5.74, 6) is -0.922. The van der Waals surface area contributed by atoms with Gasteiger partial charge in [-0.1, -0.05) is 19.3 Å². The minimum atomic E-state index is -0.737. The van der Waals surface area contributed by atoms with E-state index >= 15 is 0 Å². The van der Waals surface area contributed by atoms with Gasteiger partial charge in [-0.25, -0.2) is 0 Å². The molecule has 1 heterocycles. The van der Waals surface area contributed by atoms with E-state index in [1.807, 2.05) is 0 Å². The Morgan fingerprint density at radius 2 is 1.94 bits per heavy atom. The smallest absolute Gasteiger partial charge is 0.303 e. The van der Waals surface area contributed by atoms with E-state index in [1.54, 1.807) is 0 Å². The van der Waals surface area contributed by atoms with Crippen molar-refractivity contribution in [3.8, 4) is 0 Å². The summed E-state index contributed by atoms with van der Waals surface area (Å²) in [6.45, 7) is 0.620. The third-order valence-corrected chi connectivity index (χ3v) is 2.92. The van der Waals surface area contributed by atoms with Crippen molar-refractivity contribution in [2.24, 2.45) is 0 Å². The van der Waals surface area contributed by atoms with Crippen LogP contribution in [-0.2, 0) is 4.79 Å². The summed E-state index contributed by atoms with van der Waals surface area (Å²) in [6, 6.07) is 0. The zero-order chi connectivity index (χ0) is 13.2. The lowest BCUT2D eigenvalue weighted by atomic mass is 10.1. The molecule has 0 aromatic carbocycles. The second kappa shape index (κ2) is 8.57. The molecule has 0 aliphatic carbocycles. The van der Waals surface area contributed by atoms with Crippen LogP contribution in [0.5, 0.6) is 0 Å². The van der Waals surface area contributed by atoms with Crippen molar-refractivity contribution < 1.29 is 14.7 Å². The average molecular weight is 271 g/mol. The second-order valence-electron chi connectivity index (χ2n) is 3.96. The van der Waals surface area contributed by atoms with Crippen molar-refractivity contribution in [3.63, 3.8) is 0 Å². The molecule has 0 saturated carbocycles. The summed E-state index contributed by atoms with van der Waals surface area (Å²) in [5.41, 5.74) is 0.362. The van der Waals surface area contributed by atoms with Crippen LogP contribution < -0.4 is 5.32 Å². The van der Waals surface area contributed by atoms with Crippen molar-refractivity contribution in [1.82, 2.24) is 14.1 Å². The Bertz CT molecular complexity index is 368. The van der Waals surface area contributed by atoms with Gasteiger partial charge in [0.15, 0.2) is 5.69 Å². The zero-order valence-electron chi connectivity index (χ0n) is 10.1. The van der Waals surface area contributed by atoms with Crippen molar-refractivity contribution in [3.05, 3.63) is 11.9 Å². The molecule has 18 heavy (non-hydrogen) atoms. The summed E-state index contributed by atoms with van der Waals surface area (Å²) in [6.07, 6.45) is 6.24. The fraction of sp³-hybridized carbons (Fsp3) is 0.636. The number of nitrogens with zero attached hydrogens (tertiary/aromatic N) is 2. The zero-order valence-corrected chi connectivity index (χ0v) is 10.9. The van der Waals surface area contributed by atoms with Crippen LogP contribution in [0, 0.1) is 0 Å². The third kappa shape index (κ3) is 6.29. The molecule has 1 aromatic rings. The molecule has 1 amide bonds. The van der Waals surface area contributed by atoms with Gasteiger partial charge in [0.05, 0.1) is 17.9 Å². The minimum absolute atomic E-state index is 0.186. The molecular formula is C11H17N3O3S. The Kier molecular flexibility index (Phi) is 6.93. The van der Waals surface area contributed by atoms with Crippen LogP contribution in [0.4, 0.5) is 0 Å². The van der Waals surface area contributed by atoms with Crippen LogP contribution in [0.25, 0.3) is 0 Å². The monoisotopic (exact) mass is 271 g/mol. The number of nitrogens with one attached hydrogen (secondary N) is 1. The molecule has 1 rings (SSSR count). The highest BCUT2D eigenvalue weighted by Crippen LogP contribution is 2.05. The van der Waals surface area contributed by atoms with Crippen LogP contribution in [0.1, 0.15) is 49.0 Å². The molecule has 0 saturated heterocycles. The predicted octanol–water partition coefficient (Wildman–Crippen LogP) is 1.69. The number of aliphatic carboxylic acids is 1. The normalized spacial score (nSPS) is 10.2. The van der Waals surface area contributed by atoms with Gasteiger partial charge >= 0.3 is 5.97 Å². The van der Waals surface area contributed by atoms with Crippen LogP contribution in [0.15, 0.2) is 6.20 Å². The Morgan fingerprint density at radius 3 is 2.61 bits per heavy atom. The van der Waals surface area contributed by atoms with E-state index in [2.05, 4.69) is 14.1 Å². The van der Waals surface area contributed by atoms with Gasteiger partial charge in [0.25, 0.3) is 5.91 Å². The Hall–Kier alpha value is -1.50. The Balaban J connectivity index is 1.93. The van der Waals surface area contributed by atoms with Crippen molar-refractivity contribution >= 4 is 23.6 Å². The first kappa shape index (κ1) is 14.6. The number of amides is 1. The molecule has 0 radical (unpaired) electrons. The number of carbonyl (C=O) groups is 2. The summed E-state index contributed by atoms with van der Waals surface area (Å²) < 4.78 is 7.59. The quantitative estimate of drug-likeness (QED) is 0.667. The summed E-state index contributed by atoms with van der Waals surface area (Å²) in [4.78, 5) is 21.7. The summed E-state index contributed by atoms with van der Waals surface area (Å²) in [5, 5.41) is 11.2. The molecule has 0 bridgehead atoms. The molecule has 1 aromatic heterocycles. The van der Waals surface area contributed by atoms with Crippen LogP contribution in [0.2, 0.25) is 0 Å². The van der Waals surface area contributed by atoms with Gasteiger partial charge in [0.2, 0.25) is 0 Å². The first-order chi connectivity index (χ1) is 8.70. The predicted molar refractivity (Wildman–Crippen MR) is 67.6 cm³/mol. The molecule has 100 valence electrons. The third-order valence-electron chi connectivity index (χ3n) is 2.45. The molecule has 2 N–H and O–H groups in total. The Morgan fingerprint density at radius 1 is 1.22 bits per heavy atom. The lowest BCUT2D eigenvalue weighted by molar-refractivity contribution is -0.137. The number of hydrogen-bond donors (Lipinski definition) is 2. The van der Waals surface area contributed by atoms with E-state index in [4.69, 9.17) is 5.11 Å². The van der Waals surface area contributed by atoms with Gasteiger partial charge in [-0.3, -0.25) is 9.59 Å². The number of hydrogen-bond acceptors (Lipinski definition) is 5. The van der Waals surface area contributed by atoms with E-state index < -0.39 is 5.97 Å². The second-order valence-corrected chi connectivity index (χ2v) is 4.52. The van der Waals surface area contributed by atoms with E-state index in [0.29, 0.717) is 12.2 Å². The molecule has 0 unspecified atom stereocenters. The van der Waals surface area contributed by atoms with Crippen molar-refractivity contribution in [1.29, 1.82) is 0 Å². The number of carbonyl (C=O) groups excluding carboxylic acids is 1. The van der Waals surface area contributed by atoms with E-state index in [1.165, 1.54) is 6.20 Å². The van der Waals surface area contributed by atoms with Gasteiger partial charge in [-0.05, 0) is 12.8 Å². The lowest BCUT2D eigenvalue weighted by Gasteiger charge is -2.02. The molecule has 6 nitrogen and oxygen atoms in total. The maximum Gasteiger partial charge on any atom is 0.303 e. The topological polar surface area (TPSA) is 92.2 Å². The highest BCUT2D eigenvalue weighted by atomic mass is 32.1. The van der Waals surface area contributed by atoms with E-state index in [9.17, 15) is 9.59 Å². The first-order valence-electron chi connectivity index (χ1n) is 5.97. The van der Waals surface area contributed by atoms with E-state index in [-0.39, 0.29) is 12.3 Å². The minimum Gasteiger partial charge on any atom is -0.481 e. The van der Waals surface area contributed by atoms with Gasteiger partial charge < -0.3 is 10.4 Å². The van der Waals surface area contributed by atoms with Gasteiger partial charge in [0, 0.05) is 13.0 Å². The van der Waals surface area contributed by atoms with Crippen LogP contribution in [-0.4, -0.2) is 32.3 Å². The lowest BCUT2D eigenvalue weighted by Crippen LogP contribution is -2.24. The largest absolute Gasteiger partial charge is 0.481 e. The standard InChI is InChI=1S/C11H17N3O3S/c15-10(16)6-4-2-1-3-5-7-12-11(17)9-8-13-18-14-9/h8H,1-7H2,(H,12,17)(H,15,16). The van der Waals surface area contributed by atoms with Gasteiger partial charge in [-0.15, -0.1) is 0 Å². The fourth-order valence-corrected chi connectivity index (χ4v) is 1.90. The average Bonchev–Trinajstić information content (AvgIpc) is 2.85. The maximum atomic E-state index is 11.4. The Labute approximate surface area is 110 Å². The number of carboxylic acid groups (broad SMARTS) is 1. The molecule has 0 fully saturated rings. The fourth-order valence-electron chi connectivity index (χ4n) is 1.49. The number of aromatic nitrogens is 2. The molecular weight excluding hydrogens is 254 g/mol. The number of unbranched alkanes of at least 4 members (excludes halogenated alkanes) is 4. The first-order valence-corrected chi connectivity index (χ1v) is 6.70. The number of carboxylic acids is 1. The van der Waals surface area contributed by atoms with Gasteiger partial charge in [0.1, 0.15) is 0 Å². The van der Waals surface area contributed by atoms with E-state index in [0.717, 1.165) is 43.8 Å². The summed E-state index contributed by atoms with van der Waals surface area (Å²) >= 11 is 1.01. The molecule has 0 aliphatic rings. The highest BCUT2D eigenvalue weighted by Gasteiger charge is 2.06. The number of rotatable bonds is 9. The van der Waals surface area contributed by atoms with Gasteiger partial charge in [-0.2, -0.15) is 8.75 Å². The molecule has 0 aliphatic heterocycles. The summed E-state index contributed by atoms with van der Waals surface area (Å²) in [7, 11) is 0. The van der Waals surface area contributed by atoms with Crippen LogP contribution in [0.3, 0.4) is 0 Å². The van der Waals surface area contributed by atoms with Crippen LogP contribution >= 0.6 is 11.7 Å². The van der Waals surface area contributed by atoms with Crippen molar-refractivity contribution in [2.45, 2.75) is 38.5 Å². The van der Waals surface area contributed by atoms with Crippen molar-refractivity contribution in [2.75, 3.05) is 6.54 Å². The highest BCUT2D eigenvalue weighted by molar-refractivity contribution is 6.99. The molecule has 7 heteroatoms. The SMILES string of the molecule is O=C(O)CCCCCCCNC(=O)c1cnsn1.